The van der Waals surface area contributed by atoms with Crippen LogP contribution in [0.15, 0.2) is 42.5 Å². The Kier molecular flexibility index (Phi) is 6.03. The van der Waals surface area contributed by atoms with E-state index in [9.17, 15) is 4.79 Å². The molecular weight excluding hydrogens is 288 g/mol. The summed E-state index contributed by atoms with van der Waals surface area (Å²) in [5.74, 6) is 0.872. The van der Waals surface area contributed by atoms with Gasteiger partial charge in [-0.2, -0.15) is 0 Å². The zero-order chi connectivity index (χ0) is 16.7. The Morgan fingerprint density at radius 2 is 1.70 bits per heavy atom. The molecule has 0 fully saturated rings. The van der Waals surface area contributed by atoms with Gasteiger partial charge in [-0.25, -0.2) is 4.79 Å². The molecule has 2 amide bonds. The van der Waals surface area contributed by atoms with E-state index in [1.807, 2.05) is 57.2 Å². The molecule has 0 aromatic heterocycles. The van der Waals surface area contributed by atoms with Crippen LogP contribution >= 0.6 is 0 Å². The number of nitrogens with one attached hydrogen (secondary N) is 2. The number of benzene rings is 2. The standard InChI is InChI=1S/C19H24N2O2/c1-4-23-18-7-5-16(6-8-18)9-10-20-19(22)21-17-12-14(2)11-15(3)13-17/h5-8,11-13H,4,9-10H2,1-3H3,(H2,20,21,22). The van der Waals surface area contributed by atoms with Crippen LogP contribution in [-0.4, -0.2) is 19.2 Å². The second-order valence-corrected chi connectivity index (χ2v) is 5.58. The Morgan fingerprint density at radius 3 is 2.30 bits per heavy atom. The lowest BCUT2D eigenvalue weighted by Gasteiger charge is -2.09. The number of hydrogen-bond acceptors (Lipinski definition) is 2. The molecule has 0 unspecified atom stereocenters. The van der Waals surface area contributed by atoms with Gasteiger partial charge in [-0.15, -0.1) is 0 Å². The normalized spacial score (nSPS) is 10.2. The van der Waals surface area contributed by atoms with E-state index in [1.165, 1.54) is 5.56 Å². The van der Waals surface area contributed by atoms with Gasteiger partial charge in [-0.05, 0) is 68.1 Å². The van der Waals surface area contributed by atoms with Crippen molar-refractivity contribution in [3.05, 3.63) is 59.2 Å². The van der Waals surface area contributed by atoms with Crippen molar-refractivity contribution in [2.45, 2.75) is 27.2 Å². The van der Waals surface area contributed by atoms with Crippen LogP contribution in [0.4, 0.5) is 10.5 Å². The van der Waals surface area contributed by atoms with Gasteiger partial charge in [0.15, 0.2) is 0 Å². The molecule has 0 heterocycles. The molecule has 4 nitrogen and oxygen atoms in total. The molecule has 122 valence electrons. The van der Waals surface area contributed by atoms with Gasteiger partial charge in [0, 0.05) is 12.2 Å². The van der Waals surface area contributed by atoms with E-state index >= 15 is 0 Å². The maximum absolute atomic E-state index is 11.9. The maximum Gasteiger partial charge on any atom is 0.319 e. The molecule has 0 spiro atoms. The highest BCUT2D eigenvalue weighted by atomic mass is 16.5. The molecule has 4 heteroatoms. The minimum Gasteiger partial charge on any atom is -0.494 e. The smallest absolute Gasteiger partial charge is 0.319 e. The van der Waals surface area contributed by atoms with E-state index < -0.39 is 0 Å². The molecule has 2 aromatic carbocycles. The Morgan fingerprint density at radius 1 is 1.04 bits per heavy atom. The highest BCUT2D eigenvalue weighted by Gasteiger charge is 2.03. The SMILES string of the molecule is CCOc1ccc(CCNC(=O)Nc2cc(C)cc(C)c2)cc1. The first-order chi connectivity index (χ1) is 11.1. The van der Waals surface area contributed by atoms with Crippen LogP contribution < -0.4 is 15.4 Å². The van der Waals surface area contributed by atoms with E-state index in [0.29, 0.717) is 13.2 Å². The lowest BCUT2D eigenvalue weighted by molar-refractivity contribution is 0.252. The summed E-state index contributed by atoms with van der Waals surface area (Å²) < 4.78 is 5.41. The fourth-order valence-electron chi connectivity index (χ4n) is 2.46. The Balaban J connectivity index is 1.78. The summed E-state index contributed by atoms with van der Waals surface area (Å²) in [6, 6.07) is 13.8. The second kappa shape index (κ2) is 8.22. The highest BCUT2D eigenvalue weighted by molar-refractivity contribution is 5.89. The third kappa shape index (κ3) is 5.66. The molecule has 0 atom stereocenters. The fraction of sp³-hybridized carbons (Fsp3) is 0.316. The number of hydrogen-bond donors (Lipinski definition) is 2. The minimum absolute atomic E-state index is 0.180. The molecule has 2 aromatic rings. The molecule has 0 bridgehead atoms. The van der Waals surface area contributed by atoms with Gasteiger partial charge in [0.1, 0.15) is 5.75 Å². The van der Waals surface area contributed by atoms with E-state index in [2.05, 4.69) is 16.7 Å². The van der Waals surface area contributed by atoms with Crippen LogP contribution in [0.1, 0.15) is 23.6 Å². The van der Waals surface area contributed by atoms with E-state index in [-0.39, 0.29) is 6.03 Å². The quantitative estimate of drug-likeness (QED) is 0.845. The van der Waals surface area contributed by atoms with Crippen LogP contribution in [0.25, 0.3) is 0 Å². The van der Waals surface area contributed by atoms with Crippen molar-refractivity contribution in [1.29, 1.82) is 0 Å². The maximum atomic E-state index is 11.9. The largest absolute Gasteiger partial charge is 0.494 e. The predicted molar refractivity (Wildman–Crippen MR) is 94.3 cm³/mol. The van der Waals surface area contributed by atoms with Crippen molar-refractivity contribution in [2.24, 2.45) is 0 Å². The Bertz CT molecular complexity index is 631. The molecule has 0 saturated heterocycles. The number of rotatable bonds is 6. The summed E-state index contributed by atoms with van der Waals surface area (Å²) in [6.07, 6.45) is 0.784. The summed E-state index contributed by atoms with van der Waals surface area (Å²) in [7, 11) is 0. The van der Waals surface area contributed by atoms with Crippen LogP contribution in [0.5, 0.6) is 5.75 Å². The summed E-state index contributed by atoms with van der Waals surface area (Å²) in [6.45, 7) is 7.25. The number of ether oxygens (including phenoxy) is 1. The minimum atomic E-state index is -0.180. The predicted octanol–water partition coefficient (Wildman–Crippen LogP) is 4.07. The van der Waals surface area contributed by atoms with Crippen molar-refractivity contribution >= 4 is 11.7 Å². The van der Waals surface area contributed by atoms with Gasteiger partial charge < -0.3 is 15.4 Å². The first-order valence-corrected chi connectivity index (χ1v) is 7.91. The van der Waals surface area contributed by atoms with Crippen molar-refractivity contribution in [2.75, 3.05) is 18.5 Å². The van der Waals surface area contributed by atoms with Crippen molar-refractivity contribution in [3.63, 3.8) is 0 Å². The molecule has 23 heavy (non-hydrogen) atoms. The molecule has 0 aliphatic carbocycles. The molecule has 2 rings (SSSR count). The third-order valence-corrected chi connectivity index (χ3v) is 3.41. The summed E-state index contributed by atoms with van der Waals surface area (Å²) in [5.41, 5.74) is 4.26. The number of amides is 2. The summed E-state index contributed by atoms with van der Waals surface area (Å²) >= 11 is 0. The van der Waals surface area contributed by atoms with Gasteiger partial charge >= 0.3 is 6.03 Å². The van der Waals surface area contributed by atoms with E-state index in [0.717, 1.165) is 29.0 Å². The van der Waals surface area contributed by atoms with Gasteiger partial charge in [-0.1, -0.05) is 18.2 Å². The first kappa shape index (κ1) is 16.9. The lowest BCUT2D eigenvalue weighted by atomic mass is 10.1. The topological polar surface area (TPSA) is 50.4 Å². The number of aryl methyl sites for hydroxylation is 2. The average molecular weight is 312 g/mol. The van der Waals surface area contributed by atoms with E-state index in [4.69, 9.17) is 4.74 Å². The third-order valence-electron chi connectivity index (χ3n) is 3.41. The molecule has 0 aliphatic rings. The first-order valence-electron chi connectivity index (χ1n) is 7.91. The number of carbonyl (C=O) groups is 1. The van der Waals surface area contributed by atoms with Gasteiger partial charge in [-0.3, -0.25) is 0 Å². The molecule has 0 radical (unpaired) electrons. The Hall–Kier alpha value is -2.49. The van der Waals surface area contributed by atoms with E-state index in [1.54, 1.807) is 0 Å². The van der Waals surface area contributed by atoms with Crippen LogP contribution in [0.3, 0.4) is 0 Å². The highest BCUT2D eigenvalue weighted by Crippen LogP contribution is 2.14. The van der Waals surface area contributed by atoms with Crippen molar-refractivity contribution in [3.8, 4) is 5.75 Å². The lowest BCUT2D eigenvalue weighted by Crippen LogP contribution is -2.30. The second-order valence-electron chi connectivity index (χ2n) is 5.58. The van der Waals surface area contributed by atoms with Crippen molar-refractivity contribution < 1.29 is 9.53 Å². The summed E-state index contributed by atoms with van der Waals surface area (Å²) in [4.78, 5) is 11.9. The number of carbonyl (C=O) groups excluding carboxylic acids is 1. The fourth-order valence-corrected chi connectivity index (χ4v) is 2.46. The zero-order valence-electron chi connectivity index (χ0n) is 14.0. The molecule has 2 N–H and O–H groups in total. The average Bonchev–Trinajstić information content (AvgIpc) is 2.48. The van der Waals surface area contributed by atoms with Crippen LogP contribution in [0.2, 0.25) is 0 Å². The van der Waals surface area contributed by atoms with Gasteiger partial charge in [0.05, 0.1) is 6.61 Å². The monoisotopic (exact) mass is 312 g/mol. The van der Waals surface area contributed by atoms with Gasteiger partial charge in [0.2, 0.25) is 0 Å². The molecule has 0 saturated carbocycles. The zero-order valence-corrected chi connectivity index (χ0v) is 14.0. The Labute approximate surface area is 137 Å². The number of anilines is 1. The molecule has 0 aliphatic heterocycles. The van der Waals surface area contributed by atoms with Crippen LogP contribution in [0, 0.1) is 13.8 Å². The van der Waals surface area contributed by atoms with Crippen LogP contribution in [-0.2, 0) is 6.42 Å². The van der Waals surface area contributed by atoms with Crippen molar-refractivity contribution in [1.82, 2.24) is 5.32 Å². The number of urea groups is 1. The summed E-state index contributed by atoms with van der Waals surface area (Å²) in [5, 5.41) is 5.74. The van der Waals surface area contributed by atoms with Gasteiger partial charge in [0.25, 0.3) is 0 Å². The molecular formula is C19H24N2O2.